The summed E-state index contributed by atoms with van der Waals surface area (Å²) in [5.41, 5.74) is 0.817. The predicted molar refractivity (Wildman–Crippen MR) is 86.7 cm³/mol. The molecule has 118 valence electrons. The van der Waals surface area contributed by atoms with Crippen LogP contribution >= 0.6 is 11.8 Å². The van der Waals surface area contributed by atoms with Crippen LogP contribution in [0.2, 0.25) is 0 Å². The van der Waals surface area contributed by atoms with Gasteiger partial charge in [-0.3, -0.25) is 9.36 Å². The van der Waals surface area contributed by atoms with Crippen LogP contribution in [0.4, 0.5) is 0 Å². The Morgan fingerprint density at radius 3 is 2.82 bits per heavy atom. The molecule has 1 amide bonds. The van der Waals surface area contributed by atoms with E-state index in [0.29, 0.717) is 18.2 Å². The average molecular weight is 320 g/mol. The molecule has 0 radical (unpaired) electrons. The first-order valence-corrected chi connectivity index (χ1v) is 8.13. The van der Waals surface area contributed by atoms with E-state index >= 15 is 0 Å². The van der Waals surface area contributed by atoms with Gasteiger partial charge in [-0.1, -0.05) is 49.0 Å². The van der Waals surface area contributed by atoms with Gasteiger partial charge in [-0.15, -0.1) is 5.10 Å². The van der Waals surface area contributed by atoms with Crippen molar-refractivity contribution in [3.63, 3.8) is 0 Å². The zero-order valence-electron chi connectivity index (χ0n) is 12.7. The SMILES string of the molecule is CCCn1c(SC(C)C(=O)NCc2ccccc2)n[nH]c1=O. The van der Waals surface area contributed by atoms with Gasteiger partial charge in [-0.2, -0.15) is 0 Å². The largest absolute Gasteiger partial charge is 0.351 e. The third-order valence-corrected chi connectivity index (χ3v) is 4.22. The van der Waals surface area contributed by atoms with Crippen molar-refractivity contribution in [3.05, 3.63) is 46.4 Å². The highest BCUT2D eigenvalue weighted by molar-refractivity contribution is 8.00. The lowest BCUT2D eigenvalue weighted by Gasteiger charge is -2.12. The molecule has 1 heterocycles. The van der Waals surface area contributed by atoms with E-state index in [0.717, 1.165) is 12.0 Å². The van der Waals surface area contributed by atoms with Crippen LogP contribution in [0.15, 0.2) is 40.3 Å². The molecule has 0 fully saturated rings. The van der Waals surface area contributed by atoms with Crippen LogP contribution in [-0.4, -0.2) is 25.9 Å². The van der Waals surface area contributed by atoms with Crippen molar-refractivity contribution in [2.75, 3.05) is 0 Å². The van der Waals surface area contributed by atoms with Crippen LogP contribution < -0.4 is 11.0 Å². The summed E-state index contributed by atoms with van der Waals surface area (Å²) >= 11 is 1.28. The summed E-state index contributed by atoms with van der Waals surface area (Å²) in [5, 5.41) is 9.53. The van der Waals surface area contributed by atoms with Crippen LogP contribution in [0, 0.1) is 0 Å². The Bertz CT molecular complexity index is 666. The third-order valence-electron chi connectivity index (χ3n) is 3.13. The Labute approximate surface area is 133 Å². The van der Waals surface area contributed by atoms with Crippen LogP contribution in [0.3, 0.4) is 0 Å². The molecule has 0 aliphatic carbocycles. The van der Waals surface area contributed by atoms with Crippen molar-refractivity contribution in [3.8, 4) is 0 Å². The number of amides is 1. The highest BCUT2D eigenvalue weighted by Crippen LogP contribution is 2.20. The fourth-order valence-electron chi connectivity index (χ4n) is 1.95. The van der Waals surface area contributed by atoms with E-state index in [4.69, 9.17) is 0 Å². The van der Waals surface area contributed by atoms with Gasteiger partial charge < -0.3 is 5.32 Å². The molecule has 0 aliphatic heterocycles. The number of nitrogens with zero attached hydrogens (tertiary/aromatic N) is 2. The van der Waals surface area contributed by atoms with Gasteiger partial charge >= 0.3 is 5.69 Å². The number of aromatic nitrogens is 3. The first-order chi connectivity index (χ1) is 10.6. The van der Waals surface area contributed by atoms with Gasteiger partial charge in [-0.05, 0) is 18.9 Å². The van der Waals surface area contributed by atoms with Crippen LogP contribution in [0.1, 0.15) is 25.8 Å². The van der Waals surface area contributed by atoms with Crippen molar-refractivity contribution < 1.29 is 4.79 Å². The number of aromatic amines is 1. The van der Waals surface area contributed by atoms with Crippen molar-refractivity contribution in [2.45, 2.75) is 43.8 Å². The number of rotatable bonds is 7. The Balaban J connectivity index is 1.92. The summed E-state index contributed by atoms with van der Waals surface area (Å²) in [6.45, 7) is 4.88. The third kappa shape index (κ3) is 4.24. The Morgan fingerprint density at radius 2 is 2.14 bits per heavy atom. The Morgan fingerprint density at radius 1 is 1.41 bits per heavy atom. The summed E-state index contributed by atoms with van der Waals surface area (Å²) in [7, 11) is 0. The number of hydrogen-bond donors (Lipinski definition) is 2. The lowest BCUT2D eigenvalue weighted by Crippen LogP contribution is -2.30. The maximum absolute atomic E-state index is 12.1. The van der Waals surface area contributed by atoms with Gasteiger partial charge in [0.1, 0.15) is 0 Å². The minimum absolute atomic E-state index is 0.0765. The molecule has 0 bridgehead atoms. The maximum atomic E-state index is 12.1. The fourth-order valence-corrected chi connectivity index (χ4v) is 2.86. The minimum Gasteiger partial charge on any atom is -0.351 e. The lowest BCUT2D eigenvalue weighted by molar-refractivity contribution is -0.120. The first kappa shape index (κ1) is 16.4. The highest BCUT2D eigenvalue weighted by Gasteiger charge is 2.18. The number of nitrogens with one attached hydrogen (secondary N) is 2. The summed E-state index contributed by atoms with van der Waals surface area (Å²) in [4.78, 5) is 23.8. The molecule has 6 nitrogen and oxygen atoms in total. The summed E-state index contributed by atoms with van der Waals surface area (Å²) in [6.07, 6.45) is 0.835. The molecule has 0 saturated carbocycles. The number of carbonyl (C=O) groups excluding carboxylic acids is 1. The van der Waals surface area contributed by atoms with Gasteiger partial charge in [0.2, 0.25) is 5.91 Å². The molecule has 1 aromatic carbocycles. The molecule has 2 N–H and O–H groups in total. The van der Waals surface area contributed by atoms with E-state index in [1.165, 1.54) is 11.8 Å². The smallest absolute Gasteiger partial charge is 0.343 e. The first-order valence-electron chi connectivity index (χ1n) is 7.25. The number of hydrogen-bond acceptors (Lipinski definition) is 4. The van der Waals surface area contributed by atoms with Gasteiger partial charge in [0.15, 0.2) is 5.16 Å². The maximum Gasteiger partial charge on any atom is 0.343 e. The van der Waals surface area contributed by atoms with Crippen LogP contribution in [-0.2, 0) is 17.9 Å². The molecule has 1 atom stereocenters. The topological polar surface area (TPSA) is 79.8 Å². The second-order valence-electron chi connectivity index (χ2n) is 4.93. The standard InChI is InChI=1S/C15H20N4O2S/c1-3-9-19-14(21)17-18-15(19)22-11(2)13(20)16-10-12-7-5-4-6-8-12/h4-8,11H,3,9-10H2,1-2H3,(H,16,20)(H,17,21). The number of thioether (sulfide) groups is 1. The molecule has 0 spiro atoms. The average Bonchev–Trinajstić information content (AvgIpc) is 2.87. The minimum atomic E-state index is -0.325. The van der Waals surface area contributed by atoms with Crippen molar-refractivity contribution >= 4 is 17.7 Å². The van der Waals surface area contributed by atoms with E-state index < -0.39 is 0 Å². The summed E-state index contributed by atoms with van der Waals surface area (Å²) < 4.78 is 1.56. The fraction of sp³-hybridized carbons (Fsp3) is 0.400. The van der Waals surface area contributed by atoms with E-state index in [1.54, 1.807) is 11.5 Å². The lowest BCUT2D eigenvalue weighted by atomic mass is 10.2. The molecule has 0 saturated heterocycles. The normalized spacial score (nSPS) is 12.1. The van der Waals surface area contributed by atoms with Crippen molar-refractivity contribution in [1.82, 2.24) is 20.1 Å². The van der Waals surface area contributed by atoms with Crippen molar-refractivity contribution in [2.24, 2.45) is 0 Å². The molecule has 7 heteroatoms. The summed E-state index contributed by atoms with van der Waals surface area (Å²) in [5.74, 6) is -0.0765. The second kappa shape index (κ2) is 7.84. The molecule has 2 rings (SSSR count). The molecule has 1 unspecified atom stereocenters. The van der Waals surface area contributed by atoms with Crippen molar-refractivity contribution in [1.29, 1.82) is 0 Å². The molecular weight excluding hydrogens is 300 g/mol. The molecule has 2 aromatic rings. The number of benzene rings is 1. The zero-order chi connectivity index (χ0) is 15.9. The predicted octanol–water partition coefficient (Wildman–Crippen LogP) is 1.78. The molecule has 22 heavy (non-hydrogen) atoms. The Kier molecular flexibility index (Phi) is 5.83. The molecule has 1 aromatic heterocycles. The van der Waals surface area contributed by atoms with Gasteiger partial charge in [0.05, 0.1) is 5.25 Å². The van der Waals surface area contributed by atoms with E-state index in [2.05, 4.69) is 15.5 Å². The van der Waals surface area contributed by atoms with Crippen LogP contribution in [0.25, 0.3) is 0 Å². The molecular formula is C15H20N4O2S. The summed E-state index contributed by atoms with van der Waals surface area (Å²) in [6, 6.07) is 9.74. The zero-order valence-corrected chi connectivity index (χ0v) is 13.5. The highest BCUT2D eigenvalue weighted by atomic mass is 32.2. The number of carbonyl (C=O) groups is 1. The van der Waals surface area contributed by atoms with Gasteiger partial charge in [0.25, 0.3) is 0 Å². The van der Waals surface area contributed by atoms with E-state index in [1.807, 2.05) is 37.3 Å². The second-order valence-corrected chi connectivity index (χ2v) is 6.23. The van der Waals surface area contributed by atoms with Gasteiger partial charge in [-0.25, -0.2) is 9.89 Å². The Hall–Kier alpha value is -2.02. The van der Waals surface area contributed by atoms with E-state index in [9.17, 15) is 9.59 Å². The van der Waals surface area contributed by atoms with E-state index in [-0.39, 0.29) is 16.8 Å². The monoisotopic (exact) mass is 320 g/mol. The molecule has 0 aliphatic rings. The quantitative estimate of drug-likeness (QED) is 0.762. The van der Waals surface area contributed by atoms with Gasteiger partial charge in [0, 0.05) is 13.1 Å². The van der Waals surface area contributed by atoms with Crippen LogP contribution in [0.5, 0.6) is 0 Å². The number of H-pyrrole nitrogens is 1.